The van der Waals surface area contributed by atoms with Gasteiger partial charge in [0.25, 0.3) is 0 Å². The SMILES string of the molecule is Cc1nccnc1CCC#C[Si](C(C)C)(C(C)C)C(C)C. The number of nitrogens with zero attached hydrogens (tertiary/aromatic N) is 2. The van der Waals surface area contributed by atoms with E-state index in [1.165, 1.54) is 0 Å². The average molecular weight is 303 g/mol. The molecule has 0 aromatic carbocycles. The molecule has 21 heavy (non-hydrogen) atoms. The molecule has 0 N–H and O–H groups in total. The first-order chi connectivity index (χ1) is 9.82. The van der Waals surface area contributed by atoms with Crippen LogP contribution in [-0.2, 0) is 6.42 Å². The summed E-state index contributed by atoms with van der Waals surface area (Å²) in [6.07, 6.45) is 5.32. The van der Waals surface area contributed by atoms with Crippen LogP contribution in [0.4, 0.5) is 0 Å². The summed E-state index contributed by atoms with van der Waals surface area (Å²) >= 11 is 0. The number of hydrogen-bond acceptors (Lipinski definition) is 2. The van der Waals surface area contributed by atoms with Crippen LogP contribution in [0.3, 0.4) is 0 Å². The summed E-state index contributed by atoms with van der Waals surface area (Å²) in [5.41, 5.74) is 7.96. The Kier molecular flexibility index (Phi) is 6.61. The first-order valence-corrected chi connectivity index (χ1v) is 10.3. The van der Waals surface area contributed by atoms with Gasteiger partial charge in [-0.05, 0) is 23.5 Å². The molecule has 1 aromatic heterocycles. The second kappa shape index (κ2) is 7.75. The lowest BCUT2D eigenvalue weighted by molar-refractivity contribution is 0.837. The third-order valence-electron chi connectivity index (χ3n) is 4.64. The molecule has 0 unspecified atom stereocenters. The molecule has 0 amide bonds. The third-order valence-corrected chi connectivity index (χ3v) is 11.0. The maximum absolute atomic E-state index is 4.40. The van der Waals surface area contributed by atoms with Gasteiger partial charge in [0, 0.05) is 25.2 Å². The molecular formula is C18H30N2Si. The molecule has 0 spiro atoms. The maximum Gasteiger partial charge on any atom is 0.145 e. The minimum absolute atomic E-state index is 0.697. The van der Waals surface area contributed by atoms with E-state index >= 15 is 0 Å². The van der Waals surface area contributed by atoms with E-state index < -0.39 is 8.07 Å². The molecule has 0 saturated heterocycles. The number of hydrogen-bond donors (Lipinski definition) is 0. The molecule has 0 aliphatic carbocycles. The van der Waals surface area contributed by atoms with Crippen LogP contribution in [0.25, 0.3) is 0 Å². The van der Waals surface area contributed by atoms with E-state index in [4.69, 9.17) is 0 Å². The van der Waals surface area contributed by atoms with Crippen molar-refractivity contribution in [3.8, 4) is 11.5 Å². The van der Waals surface area contributed by atoms with Crippen molar-refractivity contribution in [3.63, 3.8) is 0 Å². The molecule has 1 heterocycles. The van der Waals surface area contributed by atoms with Crippen molar-refractivity contribution >= 4 is 8.07 Å². The summed E-state index contributed by atoms with van der Waals surface area (Å²) in [6.45, 7) is 16.1. The van der Waals surface area contributed by atoms with Gasteiger partial charge in [0.1, 0.15) is 8.07 Å². The van der Waals surface area contributed by atoms with E-state index in [0.29, 0.717) is 16.6 Å². The van der Waals surface area contributed by atoms with Crippen molar-refractivity contribution in [2.45, 2.75) is 77.9 Å². The molecule has 0 radical (unpaired) electrons. The van der Waals surface area contributed by atoms with Crippen LogP contribution in [0.1, 0.15) is 59.4 Å². The van der Waals surface area contributed by atoms with Gasteiger partial charge in [-0.1, -0.05) is 41.5 Å². The standard InChI is InChI=1S/C18H30N2Si/c1-14(2)21(15(3)4,16(5)6)13-9-8-10-18-17(7)19-11-12-20-18/h11-12,14-16H,8,10H2,1-7H3. The van der Waals surface area contributed by atoms with Crippen molar-refractivity contribution < 1.29 is 0 Å². The monoisotopic (exact) mass is 302 g/mol. The van der Waals surface area contributed by atoms with Gasteiger partial charge in [-0.15, -0.1) is 11.5 Å². The zero-order valence-corrected chi connectivity index (χ0v) is 15.7. The van der Waals surface area contributed by atoms with Gasteiger partial charge in [0.15, 0.2) is 0 Å². The van der Waals surface area contributed by atoms with Gasteiger partial charge < -0.3 is 0 Å². The summed E-state index contributed by atoms with van der Waals surface area (Å²) in [5, 5.41) is 0. The predicted octanol–water partition coefficient (Wildman–Crippen LogP) is 4.94. The Morgan fingerprint density at radius 3 is 1.95 bits per heavy atom. The van der Waals surface area contributed by atoms with Crippen LogP contribution >= 0.6 is 0 Å². The average Bonchev–Trinajstić information content (AvgIpc) is 2.39. The lowest BCUT2D eigenvalue weighted by Crippen LogP contribution is -2.43. The normalized spacial score (nSPS) is 11.9. The van der Waals surface area contributed by atoms with Crippen molar-refractivity contribution in [2.24, 2.45) is 0 Å². The van der Waals surface area contributed by atoms with Gasteiger partial charge in [-0.25, -0.2) is 0 Å². The van der Waals surface area contributed by atoms with Crippen LogP contribution in [0, 0.1) is 18.4 Å². The summed E-state index contributed by atoms with van der Waals surface area (Å²) in [4.78, 5) is 8.69. The fraction of sp³-hybridized carbons (Fsp3) is 0.667. The summed E-state index contributed by atoms with van der Waals surface area (Å²) < 4.78 is 0. The maximum atomic E-state index is 4.40. The highest BCUT2D eigenvalue weighted by molar-refractivity contribution is 6.90. The highest BCUT2D eigenvalue weighted by atomic mass is 28.3. The smallest absolute Gasteiger partial charge is 0.145 e. The van der Waals surface area contributed by atoms with Crippen LogP contribution < -0.4 is 0 Å². The van der Waals surface area contributed by atoms with E-state index in [1.807, 2.05) is 6.92 Å². The highest BCUT2D eigenvalue weighted by Crippen LogP contribution is 2.40. The van der Waals surface area contributed by atoms with Crippen LogP contribution in [0.2, 0.25) is 16.6 Å². The molecule has 3 heteroatoms. The zero-order chi connectivity index (χ0) is 16.0. The van der Waals surface area contributed by atoms with Crippen molar-refractivity contribution in [3.05, 3.63) is 23.8 Å². The topological polar surface area (TPSA) is 25.8 Å². The first-order valence-electron chi connectivity index (χ1n) is 8.08. The number of aromatic nitrogens is 2. The molecule has 0 saturated carbocycles. The Labute approximate surface area is 131 Å². The van der Waals surface area contributed by atoms with Gasteiger partial charge in [-0.3, -0.25) is 9.97 Å². The van der Waals surface area contributed by atoms with Gasteiger partial charge >= 0.3 is 0 Å². The van der Waals surface area contributed by atoms with Crippen molar-refractivity contribution in [2.75, 3.05) is 0 Å². The third kappa shape index (κ3) is 4.17. The quantitative estimate of drug-likeness (QED) is 0.569. The Morgan fingerprint density at radius 2 is 1.48 bits per heavy atom. The predicted molar refractivity (Wildman–Crippen MR) is 93.9 cm³/mol. The molecule has 0 aliphatic rings. The Balaban J connectivity index is 2.85. The molecule has 1 rings (SSSR count). The second-order valence-corrected chi connectivity index (χ2v) is 12.4. The Hall–Kier alpha value is -1.14. The zero-order valence-electron chi connectivity index (χ0n) is 14.7. The van der Waals surface area contributed by atoms with E-state index in [2.05, 4.69) is 63.0 Å². The number of aryl methyl sites for hydroxylation is 2. The van der Waals surface area contributed by atoms with E-state index in [-0.39, 0.29) is 0 Å². The van der Waals surface area contributed by atoms with Crippen LogP contribution in [0.15, 0.2) is 12.4 Å². The largest absolute Gasteiger partial charge is 0.258 e. The summed E-state index contributed by atoms with van der Waals surface area (Å²) in [5.74, 6) is 3.49. The lowest BCUT2D eigenvalue weighted by Gasteiger charge is -2.38. The second-order valence-electron chi connectivity index (χ2n) is 6.79. The molecule has 0 aliphatic heterocycles. The molecule has 116 valence electrons. The molecule has 1 aromatic rings. The molecule has 2 nitrogen and oxygen atoms in total. The summed E-state index contributed by atoms with van der Waals surface area (Å²) in [6, 6.07) is 0. The Bertz CT molecular complexity index is 488. The van der Waals surface area contributed by atoms with Crippen molar-refractivity contribution in [1.29, 1.82) is 0 Å². The highest BCUT2D eigenvalue weighted by Gasteiger charge is 2.41. The molecule has 0 fully saturated rings. The fourth-order valence-corrected chi connectivity index (χ4v) is 8.81. The molecule has 0 atom stereocenters. The van der Waals surface area contributed by atoms with Gasteiger partial charge in [-0.2, -0.15) is 0 Å². The van der Waals surface area contributed by atoms with Crippen LogP contribution in [0.5, 0.6) is 0 Å². The van der Waals surface area contributed by atoms with E-state index in [9.17, 15) is 0 Å². The minimum Gasteiger partial charge on any atom is -0.258 e. The first kappa shape index (κ1) is 17.9. The molecular weight excluding hydrogens is 272 g/mol. The number of rotatable bonds is 5. The minimum atomic E-state index is -1.58. The van der Waals surface area contributed by atoms with Crippen LogP contribution in [-0.4, -0.2) is 18.0 Å². The fourth-order valence-electron chi connectivity index (χ4n) is 3.51. The lowest BCUT2D eigenvalue weighted by atomic mass is 10.2. The van der Waals surface area contributed by atoms with Gasteiger partial charge in [0.2, 0.25) is 0 Å². The Morgan fingerprint density at radius 1 is 0.952 bits per heavy atom. The van der Waals surface area contributed by atoms with Gasteiger partial charge in [0.05, 0.1) is 11.4 Å². The molecule has 0 bridgehead atoms. The van der Waals surface area contributed by atoms with E-state index in [1.54, 1.807) is 12.4 Å². The summed E-state index contributed by atoms with van der Waals surface area (Å²) in [7, 11) is -1.58. The van der Waals surface area contributed by atoms with E-state index in [0.717, 1.165) is 24.2 Å². The van der Waals surface area contributed by atoms with Crippen molar-refractivity contribution in [1.82, 2.24) is 9.97 Å².